The van der Waals surface area contributed by atoms with Crippen LogP contribution in [-0.2, 0) is 0 Å². The first-order valence-corrected chi connectivity index (χ1v) is 8.71. The third-order valence-corrected chi connectivity index (χ3v) is 4.64. The zero-order chi connectivity index (χ0) is 17.8. The zero-order valence-corrected chi connectivity index (χ0v) is 14.4. The van der Waals surface area contributed by atoms with E-state index in [0.29, 0.717) is 5.56 Å². The van der Waals surface area contributed by atoms with Gasteiger partial charge in [0.25, 0.3) is 5.91 Å². The average molecular weight is 341 g/mol. The maximum atomic E-state index is 13.2. The van der Waals surface area contributed by atoms with Gasteiger partial charge in [-0.1, -0.05) is 18.2 Å². The number of halogens is 1. The molecule has 1 unspecified atom stereocenters. The molecule has 0 aromatic heterocycles. The molecule has 1 fully saturated rings. The van der Waals surface area contributed by atoms with Crippen LogP contribution in [0.1, 0.15) is 41.7 Å². The number of hydrogen-bond donors (Lipinski definition) is 3. The number of carbonyl (C=O) groups excluding carboxylic acids is 1. The van der Waals surface area contributed by atoms with Crippen molar-refractivity contribution in [1.82, 2.24) is 10.6 Å². The second-order valence-electron chi connectivity index (χ2n) is 6.60. The van der Waals surface area contributed by atoms with Crippen LogP contribution in [0, 0.1) is 5.82 Å². The molecular weight excluding hydrogens is 317 g/mol. The number of amides is 1. The minimum Gasteiger partial charge on any atom is -0.349 e. The van der Waals surface area contributed by atoms with Crippen LogP contribution < -0.4 is 16.4 Å². The molecule has 2 aromatic carbocycles. The van der Waals surface area contributed by atoms with Crippen molar-refractivity contribution in [2.75, 3.05) is 13.1 Å². The van der Waals surface area contributed by atoms with E-state index in [1.807, 2.05) is 25.1 Å². The Bertz CT molecular complexity index is 737. The molecule has 1 heterocycles. The van der Waals surface area contributed by atoms with Crippen LogP contribution in [0.4, 0.5) is 4.39 Å². The quantitative estimate of drug-likeness (QED) is 0.801. The van der Waals surface area contributed by atoms with Crippen molar-refractivity contribution in [3.05, 3.63) is 59.4 Å². The molecule has 5 heteroatoms. The Morgan fingerprint density at radius 3 is 2.52 bits per heavy atom. The van der Waals surface area contributed by atoms with E-state index in [1.54, 1.807) is 12.1 Å². The van der Waals surface area contributed by atoms with Gasteiger partial charge in [0, 0.05) is 17.6 Å². The number of piperidine rings is 1. The average Bonchev–Trinajstić information content (AvgIpc) is 2.62. The summed E-state index contributed by atoms with van der Waals surface area (Å²) >= 11 is 0. The summed E-state index contributed by atoms with van der Waals surface area (Å²) in [7, 11) is 0. The number of nitrogens with two attached hydrogens (primary N) is 1. The fourth-order valence-electron chi connectivity index (χ4n) is 3.21. The molecule has 1 saturated heterocycles. The topological polar surface area (TPSA) is 67.2 Å². The van der Waals surface area contributed by atoms with Crippen LogP contribution in [0.5, 0.6) is 0 Å². The first-order chi connectivity index (χ1) is 12.0. The van der Waals surface area contributed by atoms with E-state index in [2.05, 4.69) is 10.6 Å². The van der Waals surface area contributed by atoms with Gasteiger partial charge >= 0.3 is 0 Å². The standard InChI is InChI=1S/C20H24FN3O/c1-13(22)18-7-4-15(20(25)24-17-8-10-23-11-9-17)12-19(18)14-2-5-16(21)6-3-14/h2-7,12-13,17,23H,8-11,22H2,1H3,(H,24,25). The SMILES string of the molecule is CC(N)c1ccc(C(=O)NC2CCNCC2)cc1-c1ccc(F)cc1. The molecule has 4 N–H and O–H groups in total. The molecule has 0 radical (unpaired) electrons. The van der Waals surface area contributed by atoms with Gasteiger partial charge in [-0.15, -0.1) is 0 Å². The van der Waals surface area contributed by atoms with E-state index < -0.39 is 0 Å². The van der Waals surface area contributed by atoms with Crippen LogP contribution in [0.15, 0.2) is 42.5 Å². The molecule has 0 saturated carbocycles. The zero-order valence-electron chi connectivity index (χ0n) is 14.4. The predicted octanol–water partition coefficient (Wildman–Crippen LogP) is 2.99. The normalized spacial score (nSPS) is 16.4. The van der Waals surface area contributed by atoms with Gasteiger partial charge < -0.3 is 16.4 Å². The molecule has 1 aliphatic rings. The molecule has 3 rings (SSSR count). The second-order valence-corrected chi connectivity index (χ2v) is 6.60. The Morgan fingerprint density at radius 1 is 1.20 bits per heavy atom. The molecule has 1 aliphatic heterocycles. The molecule has 2 aromatic rings. The van der Waals surface area contributed by atoms with Crippen molar-refractivity contribution < 1.29 is 9.18 Å². The molecule has 25 heavy (non-hydrogen) atoms. The Balaban J connectivity index is 1.89. The lowest BCUT2D eigenvalue weighted by Gasteiger charge is -2.24. The Morgan fingerprint density at radius 2 is 1.88 bits per heavy atom. The largest absolute Gasteiger partial charge is 0.349 e. The molecule has 0 aliphatic carbocycles. The van der Waals surface area contributed by atoms with E-state index in [9.17, 15) is 9.18 Å². The molecule has 0 bridgehead atoms. The van der Waals surface area contributed by atoms with E-state index >= 15 is 0 Å². The van der Waals surface area contributed by atoms with Gasteiger partial charge in [0.1, 0.15) is 5.82 Å². The monoisotopic (exact) mass is 341 g/mol. The van der Waals surface area contributed by atoms with Crippen molar-refractivity contribution in [2.24, 2.45) is 5.73 Å². The van der Waals surface area contributed by atoms with Gasteiger partial charge in [-0.05, 0) is 73.8 Å². The highest BCUT2D eigenvalue weighted by Crippen LogP contribution is 2.29. The third kappa shape index (κ3) is 4.24. The Kier molecular flexibility index (Phi) is 5.46. The number of nitrogens with one attached hydrogen (secondary N) is 2. The molecular formula is C20H24FN3O. The van der Waals surface area contributed by atoms with E-state index in [4.69, 9.17) is 5.73 Å². The van der Waals surface area contributed by atoms with Crippen LogP contribution in [0.3, 0.4) is 0 Å². The van der Waals surface area contributed by atoms with Gasteiger partial charge in [0.15, 0.2) is 0 Å². The lowest BCUT2D eigenvalue weighted by molar-refractivity contribution is 0.0929. The molecule has 1 amide bonds. The number of hydrogen-bond acceptors (Lipinski definition) is 3. The number of benzene rings is 2. The summed E-state index contributed by atoms with van der Waals surface area (Å²) < 4.78 is 13.2. The van der Waals surface area contributed by atoms with Gasteiger partial charge in [-0.2, -0.15) is 0 Å². The number of carbonyl (C=O) groups is 1. The van der Waals surface area contributed by atoms with E-state index in [-0.39, 0.29) is 23.8 Å². The minimum absolute atomic E-state index is 0.0773. The smallest absolute Gasteiger partial charge is 0.251 e. The summed E-state index contributed by atoms with van der Waals surface area (Å²) in [6.07, 6.45) is 1.88. The van der Waals surface area contributed by atoms with Gasteiger partial charge in [-0.3, -0.25) is 4.79 Å². The Hall–Kier alpha value is -2.24. The molecule has 132 valence electrons. The fraction of sp³-hybridized carbons (Fsp3) is 0.350. The van der Waals surface area contributed by atoms with E-state index in [1.165, 1.54) is 12.1 Å². The van der Waals surface area contributed by atoms with Crippen molar-refractivity contribution >= 4 is 5.91 Å². The van der Waals surface area contributed by atoms with Crippen molar-refractivity contribution in [1.29, 1.82) is 0 Å². The molecule has 1 atom stereocenters. The minimum atomic E-state index is -0.286. The maximum absolute atomic E-state index is 13.2. The Labute approximate surface area is 147 Å². The highest BCUT2D eigenvalue weighted by molar-refractivity contribution is 5.96. The summed E-state index contributed by atoms with van der Waals surface area (Å²) in [6.45, 7) is 3.75. The summed E-state index contributed by atoms with van der Waals surface area (Å²) in [5.41, 5.74) is 9.33. The second kappa shape index (κ2) is 7.76. The summed E-state index contributed by atoms with van der Waals surface area (Å²) in [5, 5.41) is 6.39. The van der Waals surface area contributed by atoms with Crippen molar-refractivity contribution in [3.8, 4) is 11.1 Å². The lowest BCUT2D eigenvalue weighted by atomic mass is 9.93. The number of rotatable bonds is 4. The summed E-state index contributed by atoms with van der Waals surface area (Å²) in [6, 6.07) is 11.8. The van der Waals surface area contributed by atoms with E-state index in [0.717, 1.165) is 42.6 Å². The van der Waals surface area contributed by atoms with Crippen LogP contribution in [-0.4, -0.2) is 25.0 Å². The van der Waals surface area contributed by atoms with Gasteiger partial charge in [-0.25, -0.2) is 4.39 Å². The molecule has 0 spiro atoms. The first-order valence-electron chi connectivity index (χ1n) is 8.71. The first kappa shape index (κ1) is 17.6. The highest BCUT2D eigenvalue weighted by atomic mass is 19.1. The van der Waals surface area contributed by atoms with Crippen LogP contribution >= 0.6 is 0 Å². The van der Waals surface area contributed by atoms with Crippen molar-refractivity contribution in [3.63, 3.8) is 0 Å². The lowest BCUT2D eigenvalue weighted by Crippen LogP contribution is -2.42. The predicted molar refractivity (Wildman–Crippen MR) is 97.8 cm³/mol. The van der Waals surface area contributed by atoms with Crippen LogP contribution in [0.25, 0.3) is 11.1 Å². The highest BCUT2D eigenvalue weighted by Gasteiger charge is 2.18. The third-order valence-electron chi connectivity index (χ3n) is 4.64. The fourth-order valence-corrected chi connectivity index (χ4v) is 3.21. The van der Waals surface area contributed by atoms with Gasteiger partial charge in [0.05, 0.1) is 0 Å². The summed E-state index contributed by atoms with van der Waals surface area (Å²) in [4.78, 5) is 12.6. The molecule has 4 nitrogen and oxygen atoms in total. The van der Waals surface area contributed by atoms with Crippen molar-refractivity contribution in [2.45, 2.75) is 31.8 Å². The van der Waals surface area contributed by atoms with Crippen LogP contribution in [0.2, 0.25) is 0 Å². The maximum Gasteiger partial charge on any atom is 0.251 e. The summed E-state index contributed by atoms with van der Waals surface area (Å²) in [5.74, 6) is -0.364. The van der Waals surface area contributed by atoms with Gasteiger partial charge in [0.2, 0.25) is 0 Å².